The highest BCUT2D eigenvalue weighted by atomic mass is 79.9. The van der Waals surface area contributed by atoms with Crippen molar-refractivity contribution in [1.82, 2.24) is 0 Å². The number of thiocarbonyl (C=S) groups is 1. The maximum absolute atomic E-state index is 12.0. The van der Waals surface area contributed by atoms with Crippen LogP contribution in [0, 0.1) is 20.8 Å². The Hall–Kier alpha value is -1.44. The van der Waals surface area contributed by atoms with E-state index in [1.165, 1.54) is 18.4 Å². The molecule has 0 saturated carbocycles. The maximum atomic E-state index is 12.0. The summed E-state index contributed by atoms with van der Waals surface area (Å²) in [5.41, 5.74) is 3.43. The molecule has 1 aromatic carbocycles. The second kappa shape index (κ2) is 7.42. The molecule has 122 valence electrons. The first-order valence-electron chi connectivity index (χ1n) is 6.86. The van der Waals surface area contributed by atoms with Crippen LogP contribution in [0.2, 0.25) is 0 Å². The zero-order chi connectivity index (χ0) is 17.1. The van der Waals surface area contributed by atoms with Crippen molar-refractivity contribution in [3.63, 3.8) is 0 Å². The van der Waals surface area contributed by atoms with E-state index < -0.39 is 0 Å². The number of halogens is 1. The molecule has 0 aliphatic heterocycles. The van der Waals surface area contributed by atoms with Gasteiger partial charge in [0.05, 0.1) is 12.7 Å². The smallest absolute Gasteiger partial charge is 0.341 e. The van der Waals surface area contributed by atoms with Gasteiger partial charge in [0, 0.05) is 15.0 Å². The van der Waals surface area contributed by atoms with Gasteiger partial charge in [-0.05, 0) is 62.3 Å². The Morgan fingerprint density at radius 1 is 1.26 bits per heavy atom. The van der Waals surface area contributed by atoms with E-state index in [0.717, 1.165) is 26.2 Å². The summed E-state index contributed by atoms with van der Waals surface area (Å²) in [7, 11) is 1.37. The van der Waals surface area contributed by atoms with Gasteiger partial charge in [-0.2, -0.15) is 0 Å². The molecule has 2 N–H and O–H groups in total. The molecule has 0 unspecified atom stereocenters. The third-order valence-corrected chi connectivity index (χ3v) is 5.63. The monoisotopic (exact) mass is 412 g/mol. The zero-order valence-corrected chi connectivity index (χ0v) is 16.5. The van der Waals surface area contributed by atoms with Crippen molar-refractivity contribution in [2.75, 3.05) is 17.7 Å². The molecular weight excluding hydrogens is 396 g/mol. The van der Waals surface area contributed by atoms with Crippen LogP contribution in [0.1, 0.15) is 26.4 Å². The number of benzene rings is 1. The van der Waals surface area contributed by atoms with Gasteiger partial charge < -0.3 is 15.4 Å². The molecule has 7 heteroatoms. The number of hydrogen-bond acceptors (Lipinski definition) is 4. The van der Waals surface area contributed by atoms with Crippen LogP contribution in [-0.2, 0) is 4.74 Å². The number of rotatable bonds is 3. The minimum absolute atomic E-state index is 0.364. The summed E-state index contributed by atoms with van der Waals surface area (Å²) in [5, 5.41) is 7.34. The number of thiophene rings is 1. The number of carbonyl (C=O) groups excluding carboxylic acids is 1. The van der Waals surface area contributed by atoms with Gasteiger partial charge in [0.1, 0.15) is 5.00 Å². The summed E-state index contributed by atoms with van der Waals surface area (Å²) in [4.78, 5) is 13.0. The van der Waals surface area contributed by atoms with E-state index in [-0.39, 0.29) is 5.97 Å². The minimum Gasteiger partial charge on any atom is -0.465 e. The van der Waals surface area contributed by atoms with E-state index in [0.29, 0.717) is 15.7 Å². The van der Waals surface area contributed by atoms with E-state index in [9.17, 15) is 4.79 Å². The fourth-order valence-electron chi connectivity index (χ4n) is 2.05. The molecule has 0 radical (unpaired) electrons. The SMILES string of the molecule is COC(=O)c1c(NC(=S)Nc2ccc(Br)c(C)c2)sc(C)c1C. The van der Waals surface area contributed by atoms with Crippen LogP contribution in [-0.4, -0.2) is 18.2 Å². The van der Waals surface area contributed by atoms with Crippen molar-refractivity contribution in [3.05, 3.63) is 44.2 Å². The first-order chi connectivity index (χ1) is 10.8. The average molecular weight is 413 g/mol. The van der Waals surface area contributed by atoms with Crippen molar-refractivity contribution >= 4 is 61.3 Å². The van der Waals surface area contributed by atoms with Crippen LogP contribution in [0.15, 0.2) is 22.7 Å². The lowest BCUT2D eigenvalue weighted by molar-refractivity contribution is 0.0601. The summed E-state index contributed by atoms with van der Waals surface area (Å²) in [5.74, 6) is -0.364. The highest BCUT2D eigenvalue weighted by Crippen LogP contribution is 2.33. The summed E-state index contributed by atoms with van der Waals surface area (Å²) in [6, 6.07) is 5.88. The Kier molecular flexibility index (Phi) is 5.78. The van der Waals surface area contributed by atoms with E-state index in [4.69, 9.17) is 17.0 Å². The standard InChI is InChI=1S/C16H17BrN2O2S2/c1-8-7-11(5-6-12(8)17)18-16(22)19-14-13(15(20)21-4)9(2)10(3)23-14/h5-7H,1-4H3,(H2,18,19,22). The molecule has 0 fully saturated rings. The molecule has 2 aromatic rings. The fraction of sp³-hybridized carbons (Fsp3) is 0.250. The van der Waals surface area contributed by atoms with Crippen LogP contribution < -0.4 is 10.6 Å². The first-order valence-corrected chi connectivity index (χ1v) is 8.87. The third kappa shape index (κ3) is 4.10. The highest BCUT2D eigenvalue weighted by molar-refractivity contribution is 9.10. The summed E-state index contributed by atoms with van der Waals surface area (Å²) < 4.78 is 5.90. The molecule has 0 bridgehead atoms. The van der Waals surface area contributed by atoms with Crippen molar-refractivity contribution < 1.29 is 9.53 Å². The molecule has 4 nitrogen and oxygen atoms in total. The third-order valence-electron chi connectivity index (χ3n) is 3.42. The predicted molar refractivity (Wildman–Crippen MR) is 104 cm³/mol. The topological polar surface area (TPSA) is 50.4 Å². The number of nitrogens with one attached hydrogen (secondary N) is 2. The van der Waals surface area contributed by atoms with Gasteiger partial charge in [-0.3, -0.25) is 0 Å². The molecule has 0 spiro atoms. The van der Waals surface area contributed by atoms with E-state index >= 15 is 0 Å². The van der Waals surface area contributed by atoms with Gasteiger partial charge in [0.15, 0.2) is 5.11 Å². The normalized spacial score (nSPS) is 10.3. The van der Waals surface area contributed by atoms with E-state index in [2.05, 4.69) is 26.6 Å². The Balaban J connectivity index is 2.18. The van der Waals surface area contributed by atoms with Gasteiger partial charge in [0.25, 0.3) is 0 Å². The van der Waals surface area contributed by atoms with Crippen LogP contribution in [0.25, 0.3) is 0 Å². The quantitative estimate of drug-likeness (QED) is 0.546. The molecular formula is C16H17BrN2O2S2. The molecule has 0 aliphatic rings. The second-order valence-corrected chi connectivity index (χ2v) is 7.51. The number of ether oxygens (including phenoxy) is 1. The predicted octanol–water partition coefficient (Wildman–Crippen LogP) is 5.03. The molecule has 23 heavy (non-hydrogen) atoms. The van der Waals surface area contributed by atoms with Crippen molar-refractivity contribution in [3.8, 4) is 0 Å². The van der Waals surface area contributed by atoms with Gasteiger partial charge in [-0.1, -0.05) is 15.9 Å². The van der Waals surface area contributed by atoms with E-state index in [1.807, 2.05) is 39.0 Å². The Morgan fingerprint density at radius 3 is 2.57 bits per heavy atom. The van der Waals surface area contributed by atoms with Crippen molar-refractivity contribution in [1.29, 1.82) is 0 Å². The van der Waals surface area contributed by atoms with Crippen LogP contribution in [0.5, 0.6) is 0 Å². The van der Waals surface area contributed by atoms with Crippen LogP contribution >= 0.6 is 39.5 Å². The number of carbonyl (C=O) groups is 1. The fourth-order valence-corrected chi connectivity index (χ4v) is 3.63. The van der Waals surface area contributed by atoms with Gasteiger partial charge in [0.2, 0.25) is 0 Å². The first kappa shape index (κ1) is 17.9. The largest absolute Gasteiger partial charge is 0.465 e. The second-order valence-electron chi connectivity index (χ2n) is 5.02. The number of methoxy groups -OCH3 is 1. The Labute approximate surface area is 153 Å². The van der Waals surface area contributed by atoms with E-state index in [1.54, 1.807) is 0 Å². The minimum atomic E-state index is -0.364. The lowest BCUT2D eigenvalue weighted by Crippen LogP contribution is -2.20. The average Bonchev–Trinajstić information content (AvgIpc) is 2.76. The lowest BCUT2D eigenvalue weighted by atomic mass is 10.1. The Morgan fingerprint density at radius 2 is 1.96 bits per heavy atom. The summed E-state index contributed by atoms with van der Waals surface area (Å²) in [6.07, 6.45) is 0. The highest BCUT2D eigenvalue weighted by Gasteiger charge is 2.20. The summed E-state index contributed by atoms with van der Waals surface area (Å²) in [6.45, 7) is 5.87. The molecule has 0 aliphatic carbocycles. The van der Waals surface area contributed by atoms with Crippen molar-refractivity contribution in [2.45, 2.75) is 20.8 Å². The molecule has 1 heterocycles. The van der Waals surface area contributed by atoms with Gasteiger partial charge >= 0.3 is 5.97 Å². The molecule has 0 atom stereocenters. The number of aryl methyl sites for hydroxylation is 2. The Bertz CT molecular complexity index is 772. The molecule has 1 aromatic heterocycles. The van der Waals surface area contributed by atoms with Crippen molar-refractivity contribution in [2.24, 2.45) is 0 Å². The number of anilines is 2. The maximum Gasteiger partial charge on any atom is 0.341 e. The number of hydrogen-bond donors (Lipinski definition) is 2. The molecule has 0 saturated heterocycles. The lowest BCUT2D eigenvalue weighted by Gasteiger charge is -2.11. The van der Waals surface area contributed by atoms with Crippen LogP contribution in [0.4, 0.5) is 10.7 Å². The van der Waals surface area contributed by atoms with Gasteiger partial charge in [-0.15, -0.1) is 11.3 Å². The van der Waals surface area contributed by atoms with Crippen LogP contribution in [0.3, 0.4) is 0 Å². The zero-order valence-electron chi connectivity index (χ0n) is 13.2. The number of esters is 1. The van der Waals surface area contributed by atoms with Gasteiger partial charge in [-0.25, -0.2) is 4.79 Å². The summed E-state index contributed by atoms with van der Waals surface area (Å²) >= 11 is 10.3. The molecule has 0 amide bonds. The molecule has 2 rings (SSSR count).